The third kappa shape index (κ3) is 6.65. The van der Waals surface area contributed by atoms with E-state index in [1.807, 2.05) is 38.0 Å². The predicted octanol–water partition coefficient (Wildman–Crippen LogP) is 4.77. The minimum atomic E-state index is -0.214. The normalized spacial score (nSPS) is 10.7. The number of rotatable bonds is 7. The van der Waals surface area contributed by atoms with Gasteiger partial charge in [0.2, 0.25) is 0 Å². The summed E-state index contributed by atoms with van der Waals surface area (Å²) in [5, 5.41) is 5.53. The Balaban J connectivity index is 0.00000240. The Morgan fingerprint density at radius 1 is 0.935 bits per heavy atom. The highest BCUT2D eigenvalue weighted by Crippen LogP contribution is 2.26. The summed E-state index contributed by atoms with van der Waals surface area (Å²) in [7, 11) is 7.84. The van der Waals surface area contributed by atoms with E-state index in [0.717, 1.165) is 5.82 Å². The van der Waals surface area contributed by atoms with Crippen molar-refractivity contribution in [2.24, 2.45) is 0 Å². The van der Waals surface area contributed by atoms with Crippen LogP contribution in [0.5, 0.6) is 0 Å². The van der Waals surface area contributed by atoms with E-state index in [1.54, 1.807) is 47.1 Å². The monoisotopic (exact) mass is 503 g/mol. The molecule has 6 nitrogen and oxygen atoms in total. The molecular weight excluding hydrogens is 480 g/mol. The summed E-state index contributed by atoms with van der Waals surface area (Å²) in [5.74, 6) is 1.20. The minimum Gasteiger partial charge on any atom is -0.302 e. The number of ketones is 1. The molecule has 1 aromatic heterocycles. The van der Waals surface area contributed by atoms with Gasteiger partial charge < -0.3 is 9.80 Å². The molecule has 2 aromatic carbocycles. The molecular formula is C21H25Cl4N5O. The second-order valence-electron chi connectivity index (χ2n) is 7.30. The fourth-order valence-electron chi connectivity index (χ4n) is 2.99. The van der Waals surface area contributed by atoms with E-state index < -0.39 is 0 Å². The highest BCUT2D eigenvalue weighted by atomic mass is 35.5. The molecule has 0 N–H and O–H groups in total. The number of hydrogen-bond acceptors (Lipinski definition) is 5. The van der Waals surface area contributed by atoms with Gasteiger partial charge in [-0.25, -0.2) is 9.67 Å². The van der Waals surface area contributed by atoms with Gasteiger partial charge in [-0.1, -0.05) is 35.3 Å². The van der Waals surface area contributed by atoms with Crippen molar-refractivity contribution >= 4 is 53.8 Å². The molecule has 10 heteroatoms. The van der Waals surface area contributed by atoms with Crippen LogP contribution in [0.1, 0.15) is 27.6 Å². The zero-order valence-electron chi connectivity index (χ0n) is 17.7. The first kappa shape index (κ1) is 27.4. The fourth-order valence-corrected chi connectivity index (χ4v) is 3.38. The lowest BCUT2D eigenvalue weighted by molar-refractivity contribution is 0.103. The van der Waals surface area contributed by atoms with Crippen molar-refractivity contribution in [1.82, 2.24) is 24.6 Å². The van der Waals surface area contributed by atoms with Crippen molar-refractivity contribution in [2.75, 3.05) is 28.2 Å². The topological polar surface area (TPSA) is 54.3 Å². The van der Waals surface area contributed by atoms with E-state index in [-0.39, 0.29) is 30.6 Å². The maximum atomic E-state index is 13.3. The lowest BCUT2D eigenvalue weighted by Crippen LogP contribution is -2.17. The molecule has 0 amide bonds. The summed E-state index contributed by atoms with van der Waals surface area (Å²) in [6, 6.07) is 12.2. The standard InChI is InChI=1S/C21H23Cl2N5O.2ClH/c1-26(2)12-19-24-20(13-27(3)4)28(25-19)18-10-9-14(22)11-16(18)21(29)15-7-5-6-8-17(15)23;;/h5-11H,12-13H2,1-4H3;2*1H. The Bertz CT molecular complexity index is 1040. The molecule has 0 atom stereocenters. The number of hydrogen-bond donors (Lipinski definition) is 0. The third-order valence-electron chi connectivity index (χ3n) is 4.18. The summed E-state index contributed by atoms with van der Waals surface area (Å²) >= 11 is 12.5. The zero-order chi connectivity index (χ0) is 21.1. The quantitative estimate of drug-likeness (QED) is 0.433. The average Bonchev–Trinajstić information content (AvgIpc) is 3.02. The van der Waals surface area contributed by atoms with Crippen molar-refractivity contribution < 1.29 is 4.79 Å². The van der Waals surface area contributed by atoms with E-state index in [2.05, 4.69) is 10.1 Å². The van der Waals surface area contributed by atoms with Gasteiger partial charge in [0.25, 0.3) is 0 Å². The molecule has 0 unspecified atom stereocenters. The lowest BCUT2D eigenvalue weighted by Gasteiger charge is -2.14. The molecule has 3 aromatic rings. The van der Waals surface area contributed by atoms with Gasteiger partial charge in [0.1, 0.15) is 5.82 Å². The van der Waals surface area contributed by atoms with Crippen LogP contribution in [0, 0.1) is 0 Å². The molecule has 168 valence electrons. The number of carbonyl (C=O) groups excluding carboxylic acids is 1. The minimum absolute atomic E-state index is 0. The Morgan fingerprint density at radius 3 is 2.19 bits per heavy atom. The first-order valence-corrected chi connectivity index (χ1v) is 9.85. The summed E-state index contributed by atoms with van der Waals surface area (Å²) < 4.78 is 1.72. The van der Waals surface area contributed by atoms with Crippen LogP contribution in [0.25, 0.3) is 5.69 Å². The van der Waals surface area contributed by atoms with Crippen LogP contribution in [-0.4, -0.2) is 58.5 Å². The van der Waals surface area contributed by atoms with Crippen molar-refractivity contribution in [2.45, 2.75) is 13.1 Å². The van der Waals surface area contributed by atoms with Gasteiger partial charge in [-0.2, -0.15) is 0 Å². The molecule has 0 aliphatic carbocycles. The van der Waals surface area contributed by atoms with Gasteiger partial charge in [0.05, 0.1) is 23.8 Å². The third-order valence-corrected chi connectivity index (χ3v) is 4.75. The number of nitrogens with zero attached hydrogens (tertiary/aromatic N) is 5. The number of halogens is 4. The van der Waals surface area contributed by atoms with E-state index >= 15 is 0 Å². The molecule has 0 saturated carbocycles. The molecule has 0 aliphatic heterocycles. The van der Waals surface area contributed by atoms with E-state index in [1.165, 1.54) is 0 Å². The molecule has 0 radical (unpaired) electrons. The molecule has 0 saturated heterocycles. The van der Waals surface area contributed by atoms with Crippen LogP contribution >= 0.6 is 48.0 Å². The van der Waals surface area contributed by atoms with Crippen LogP contribution in [0.3, 0.4) is 0 Å². The Morgan fingerprint density at radius 2 is 1.58 bits per heavy atom. The van der Waals surface area contributed by atoms with Crippen molar-refractivity contribution in [3.63, 3.8) is 0 Å². The van der Waals surface area contributed by atoms with Crippen molar-refractivity contribution in [3.05, 3.63) is 75.3 Å². The summed E-state index contributed by atoms with van der Waals surface area (Å²) in [6.45, 7) is 1.16. The first-order valence-electron chi connectivity index (χ1n) is 9.09. The first-order chi connectivity index (χ1) is 13.8. The second kappa shape index (κ2) is 11.8. The summed E-state index contributed by atoms with van der Waals surface area (Å²) in [6.07, 6.45) is 0. The Labute approximate surface area is 205 Å². The van der Waals surface area contributed by atoms with Gasteiger partial charge in [0.15, 0.2) is 11.6 Å². The number of benzene rings is 2. The number of aromatic nitrogens is 3. The Kier molecular flexibility index (Phi) is 10.4. The summed E-state index contributed by atoms with van der Waals surface area (Å²) in [5.41, 5.74) is 1.46. The van der Waals surface area contributed by atoms with Crippen LogP contribution in [0.4, 0.5) is 0 Å². The highest BCUT2D eigenvalue weighted by Gasteiger charge is 2.21. The SMILES string of the molecule is CN(C)Cc1nc(CN(C)C)n(-c2ccc(Cl)cc2C(=O)c2ccccc2Cl)n1.Cl.Cl. The van der Waals surface area contributed by atoms with Crippen molar-refractivity contribution in [3.8, 4) is 5.69 Å². The van der Waals surface area contributed by atoms with Crippen molar-refractivity contribution in [1.29, 1.82) is 0 Å². The van der Waals surface area contributed by atoms with Crippen LogP contribution in [0.15, 0.2) is 42.5 Å². The van der Waals surface area contributed by atoms with Gasteiger partial charge >= 0.3 is 0 Å². The molecule has 0 spiro atoms. The smallest absolute Gasteiger partial charge is 0.196 e. The zero-order valence-corrected chi connectivity index (χ0v) is 20.8. The Hall–Kier alpha value is -1.67. The second-order valence-corrected chi connectivity index (χ2v) is 8.15. The molecule has 0 bridgehead atoms. The van der Waals surface area contributed by atoms with Gasteiger partial charge in [-0.3, -0.25) is 4.79 Å². The summed E-state index contributed by atoms with van der Waals surface area (Å²) in [4.78, 5) is 22.0. The van der Waals surface area contributed by atoms with Gasteiger partial charge in [-0.15, -0.1) is 29.9 Å². The molecule has 31 heavy (non-hydrogen) atoms. The van der Waals surface area contributed by atoms with E-state index in [4.69, 9.17) is 23.2 Å². The lowest BCUT2D eigenvalue weighted by atomic mass is 10.0. The molecule has 3 rings (SSSR count). The van der Waals surface area contributed by atoms with Crippen LogP contribution in [0.2, 0.25) is 10.0 Å². The van der Waals surface area contributed by atoms with Gasteiger partial charge in [0, 0.05) is 16.1 Å². The molecule has 0 aliphatic rings. The predicted molar refractivity (Wildman–Crippen MR) is 131 cm³/mol. The fraction of sp³-hybridized carbons (Fsp3) is 0.286. The average molecular weight is 505 g/mol. The maximum absolute atomic E-state index is 13.3. The van der Waals surface area contributed by atoms with E-state index in [9.17, 15) is 4.79 Å². The van der Waals surface area contributed by atoms with Crippen LogP contribution < -0.4 is 0 Å². The maximum Gasteiger partial charge on any atom is 0.196 e. The number of carbonyl (C=O) groups is 1. The largest absolute Gasteiger partial charge is 0.302 e. The molecule has 1 heterocycles. The van der Waals surface area contributed by atoms with Crippen LogP contribution in [-0.2, 0) is 13.1 Å². The highest BCUT2D eigenvalue weighted by molar-refractivity contribution is 6.35. The van der Waals surface area contributed by atoms with E-state index in [0.29, 0.717) is 45.8 Å². The van der Waals surface area contributed by atoms with Gasteiger partial charge in [-0.05, 0) is 58.5 Å². The molecule has 0 fully saturated rings.